The first-order valence-electron chi connectivity index (χ1n) is 11.6. The van der Waals surface area contributed by atoms with Crippen molar-refractivity contribution in [2.24, 2.45) is 0 Å². The zero-order valence-corrected chi connectivity index (χ0v) is 19.9. The molecule has 2 fully saturated rings. The molecule has 1 aliphatic heterocycles. The molecule has 0 bridgehead atoms. The highest BCUT2D eigenvalue weighted by molar-refractivity contribution is 6.09. The molecule has 2 N–H and O–H groups in total. The maximum absolute atomic E-state index is 13.3. The second kappa shape index (κ2) is 9.80. The highest BCUT2D eigenvalue weighted by Gasteiger charge is 2.50. The molecule has 3 rings (SSSR count). The molecular formula is C24H34N4O5. The molecule has 33 heavy (non-hydrogen) atoms. The highest BCUT2D eigenvalue weighted by atomic mass is 16.5. The van der Waals surface area contributed by atoms with Crippen molar-refractivity contribution in [2.75, 3.05) is 26.7 Å². The minimum absolute atomic E-state index is 0.0965. The van der Waals surface area contributed by atoms with E-state index >= 15 is 0 Å². The Morgan fingerprint density at radius 1 is 1.09 bits per heavy atom. The third-order valence-electron chi connectivity index (χ3n) is 6.79. The van der Waals surface area contributed by atoms with E-state index in [0.717, 1.165) is 24.2 Å². The van der Waals surface area contributed by atoms with Crippen molar-refractivity contribution in [3.8, 4) is 5.75 Å². The van der Waals surface area contributed by atoms with E-state index in [1.807, 2.05) is 13.8 Å². The van der Waals surface area contributed by atoms with Gasteiger partial charge in [0, 0.05) is 13.1 Å². The standard InChI is InChI=1S/C24H34N4O5/c1-5-27(6-2)21(31)24(14-8-7-9-15-24)25-19(29)16-28-20(30)23(3,26-22(28)32)17-10-12-18(33-4)13-11-17/h10-13H,5-9,14-16H2,1-4H3,(H,25,29)(H,26,32). The quantitative estimate of drug-likeness (QED) is 0.581. The molecule has 9 heteroatoms. The molecule has 1 saturated carbocycles. The number of hydrogen-bond donors (Lipinski definition) is 2. The van der Waals surface area contributed by atoms with Crippen LogP contribution in [-0.4, -0.2) is 65.8 Å². The number of nitrogens with zero attached hydrogens (tertiary/aromatic N) is 2. The van der Waals surface area contributed by atoms with Gasteiger partial charge in [-0.1, -0.05) is 31.4 Å². The average Bonchev–Trinajstić information content (AvgIpc) is 3.04. The molecule has 1 aromatic carbocycles. The van der Waals surface area contributed by atoms with Crippen LogP contribution in [0.5, 0.6) is 5.75 Å². The number of ether oxygens (including phenoxy) is 1. The summed E-state index contributed by atoms with van der Waals surface area (Å²) >= 11 is 0. The van der Waals surface area contributed by atoms with Gasteiger partial charge in [-0.3, -0.25) is 19.3 Å². The summed E-state index contributed by atoms with van der Waals surface area (Å²) in [5.41, 5.74) is -1.69. The van der Waals surface area contributed by atoms with Crippen LogP contribution in [-0.2, 0) is 19.9 Å². The number of benzene rings is 1. The lowest BCUT2D eigenvalue weighted by atomic mass is 9.80. The van der Waals surface area contributed by atoms with Crippen LogP contribution < -0.4 is 15.4 Å². The third kappa shape index (κ3) is 4.67. The number of imide groups is 1. The van der Waals surface area contributed by atoms with E-state index in [1.165, 1.54) is 0 Å². The summed E-state index contributed by atoms with van der Waals surface area (Å²) in [5, 5.41) is 5.61. The fourth-order valence-electron chi connectivity index (χ4n) is 4.77. The van der Waals surface area contributed by atoms with E-state index in [-0.39, 0.29) is 5.91 Å². The van der Waals surface area contributed by atoms with Crippen molar-refractivity contribution in [3.05, 3.63) is 29.8 Å². The van der Waals surface area contributed by atoms with Crippen molar-refractivity contribution < 1.29 is 23.9 Å². The molecule has 2 aliphatic rings. The van der Waals surface area contributed by atoms with Crippen LogP contribution in [0.15, 0.2) is 24.3 Å². The van der Waals surface area contributed by atoms with Gasteiger partial charge in [-0.2, -0.15) is 0 Å². The number of amides is 5. The highest BCUT2D eigenvalue weighted by Crippen LogP contribution is 2.32. The van der Waals surface area contributed by atoms with E-state index < -0.39 is 35.5 Å². The fourth-order valence-corrected chi connectivity index (χ4v) is 4.77. The minimum atomic E-state index is -1.29. The van der Waals surface area contributed by atoms with Gasteiger partial charge in [-0.05, 0) is 51.3 Å². The van der Waals surface area contributed by atoms with Gasteiger partial charge in [0.15, 0.2) is 0 Å². The van der Waals surface area contributed by atoms with E-state index in [1.54, 1.807) is 43.2 Å². The summed E-state index contributed by atoms with van der Waals surface area (Å²) < 4.78 is 5.15. The summed E-state index contributed by atoms with van der Waals surface area (Å²) in [6, 6.07) is 6.20. The van der Waals surface area contributed by atoms with Crippen LogP contribution in [0.1, 0.15) is 58.4 Å². The molecule has 0 aromatic heterocycles. The normalized spacial score (nSPS) is 22.0. The topological polar surface area (TPSA) is 108 Å². The molecule has 1 unspecified atom stereocenters. The molecule has 5 amide bonds. The maximum Gasteiger partial charge on any atom is 0.325 e. The molecular weight excluding hydrogens is 424 g/mol. The summed E-state index contributed by atoms with van der Waals surface area (Å²) in [7, 11) is 1.55. The second-order valence-corrected chi connectivity index (χ2v) is 8.84. The Labute approximate surface area is 194 Å². The Balaban J connectivity index is 1.76. The summed E-state index contributed by atoms with van der Waals surface area (Å²) in [5.74, 6) is -0.493. The minimum Gasteiger partial charge on any atom is -0.497 e. The number of methoxy groups -OCH3 is 1. The van der Waals surface area contributed by atoms with Crippen LogP contribution in [0.3, 0.4) is 0 Å². The first-order chi connectivity index (χ1) is 15.7. The van der Waals surface area contributed by atoms with Gasteiger partial charge in [0.1, 0.15) is 23.4 Å². The van der Waals surface area contributed by atoms with Crippen LogP contribution in [0.4, 0.5) is 4.79 Å². The maximum atomic E-state index is 13.3. The summed E-state index contributed by atoms with van der Waals surface area (Å²) in [4.78, 5) is 54.8. The molecule has 180 valence electrons. The second-order valence-electron chi connectivity index (χ2n) is 8.84. The van der Waals surface area contributed by atoms with Gasteiger partial charge in [0.05, 0.1) is 7.11 Å². The van der Waals surface area contributed by atoms with Gasteiger partial charge in [-0.25, -0.2) is 4.79 Å². The lowest BCUT2D eigenvalue weighted by Gasteiger charge is -2.40. The molecule has 0 spiro atoms. The Bertz CT molecular complexity index is 906. The van der Waals surface area contributed by atoms with Gasteiger partial charge < -0.3 is 20.3 Å². The predicted molar refractivity (Wildman–Crippen MR) is 122 cm³/mol. The van der Waals surface area contributed by atoms with Gasteiger partial charge in [0.25, 0.3) is 5.91 Å². The predicted octanol–water partition coefficient (Wildman–Crippen LogP) is 2.15. The fraction of sp³-hybridized carbons (Fsp3) is 0.583. The van der Waals surface area contributed by atoms with E-state index in [0.29, 0.717) is 37.2 Å². The van der Waals surface area contributed by atoms with E-state index in [4.69, 9.17) is 4.74 Å². The Morgan fingerprint density at radius 2 is 1.70 bits per heavy atom. The average molecular weight is 459 g/mol. The number of rotatable bonds is 8. The van der Waals surface area contributed by atoms with Crippen LogP contribution >= 0.6 is 0 Å². The molecule has 1 saturated heterocycles. The van der Waals surface area contributed by atoms with E-state index in [2.05, 4.69) is 10.6 Å². The zero-order chi connectivity index (χ0) is 24.2. The summed E-state index contributed by atoms with van der Waals surface area (Å²) in [6.07, 6.45) is 3.80. The lowest BCUT2D eigenvalue weighted by Crippen LogP contribution is -2.62. The number of likely N-dealkylation sites (N-methyl/N-ethyl adjacent to an activating group) is 1. The number of carbonyl (C=O) groups excluding carboxylic acids is 4. The molecule has 9 nitrogen and oxygen atoms in total. The van der Waals surface area contributed by atoms with Crippen molar-refractivity contribution in [1.29, 1.82) is 0 Å². The smallest absolute Gasteiger partial charge is 0.325 e. The first-order valence-corrected chi connectivity index (χ1v) is 11.6. The Morgan fingerprint density at radius 3 is 2.24 bits per heavy atom. The Hall–Kier alpha value is -3.10. The molecule has 1 aliphatic carbocycles. The van der Waals surface area contributed by atoms with Gasteiger partial charge >= 0.3 is 6.03 Å². The van der Waals surface area contributed by atoms with Crippen molar-refractivity contribution in [1.82, 2.24) is 20.4 Å². The molecule has 1 heterocycles. The SMILES string of the molecule is CCN(CC)C(=O)C1(NC(=O)CN2C(=O)NC(C)(c3ccc(OC)cc3)C2=O)CCCCC1. The van der Waals surface area contributed by atoms with Crippen molar-refractivity contribution in [3.63, 3.8) is 0 Å². The number of hydrogen-bond acceptors (Lipinski definition) is 5. The number of carbonyl (C=O) groups is 4. The van der Waals surface area contributed by atoms with Gasteiger partial charge in [-0.15, -0.1) is 0 Å². The zero-order valence-electron chi connectivity index (χ0n) is 19.9. The number of nitrogens with one attached hydrogen (secondary N) is 2. The van der Waals surface area contributed by atoms with Gasteiger partial charge in [0.2, 0.25) is 11.8 Å². The van der Waals surface area contributed by atoms with E-state index in [9.17, 15) is 19.2 Å². The molecule has 1 aromatic rings. The summed E-state index contributed by atoms with van der Waals surface area (Å²) in [6.45, 7) is 6.10. The molecule has 1 atom stereocenters. The largest absolute Gasteiger partial charge is 0.497 e. The van der Waals surface area contributed by atoms with Crippen LogP contribution in [0, 0.1) is 0 Å². The molecule has 0 radical (unpaired) electrons. The van der Waals surface area contributed by atoms with Crippen LogP contribution in [0.2, 0.25) is 0 Å². The monoisotopic (exact) mass is 458 g/mol. The Kier molecular flexibility index (Phi) is 7.29. The number of urea groups is 1. The van der Waals surface area contributed by atoms with Crippen LogP contribution in [0.25, 0.3) is 0 Å². The van der Waals surface area contributed by atoms with Crippen molar-refractivity contribution in [2.45, 2.75) is 64.0 Å². The van der Waals surface area contributed by atoms with Crippen molar-refractivity contribution >= 4 is 23.8 Å². The first kappa shape index (κ1) is 24.5. The lowest BCUT2D eigenvalue weighted by molar-refractivity contribution is -0.144. The third-order valence-corrected chi connectivity index (χ3v) is 6.79.